The summed E-state index contributed by atoms with van der Waals surface area (Å²) in [6, 6.07) is 7.46. The van der Waals surface area contributed by atoms with Gasteiger partial charge in [-0.3, -0.25) is 0 Å². The molecule has 24 heavy (non-hydrogen) atoms. The van der Waals surface area contributed by atoms with Crippen molar-refractivity contribution in [2.75, 3.05) is 0 Å². The predicted molar refractivity (Wildman–Crippen MR) is 87.9 cm³/mol. The van der Waals surface area contributed by atoms with Crippen LogP contribution in [0.25, 0.3) is 6.08 Å². The van der Waals surface area contributed by atoms with E-state index in [4.69, 9.17) is 16.3 Å². The van der Waals surface area contributed by atoms with Gasteiger partial charge in [-0.15, -0.1) is 0 Å². The van der Waals surface area contributed by atoms with Gasteiger partial charge >= 0.3 is 5.97 Å². The molecule has 0 radical (unpaired) electrons. The minimum Gasteiger partial charge on any atom is -0.402 e. The van der Waals surface area contributed by atoms with Crippen LogP contribution in [0, 0.1) is 25.5 Å². The fraction of sp³-hybridized carbons (Fsp3) is 0.111. The molecule has 3 rings (SSSR count). The van der Waals surface area contributed by atoms with E-state index in [-0.39, 0.29) is 22.2 Å². The molecule has 0 aromatic heterocycles. The Bertz CT molecular complexity index is 919. The molecule has 0 bridgehead atoms. The highest BCUT2D eigenvalue weighted by Crippen LogP contribution is 2.26. The van der Waals surface area contributed by atoms with E-state index in [2.05, 4.69) is 4.99 Å². The van der Waals surface area contributed by atoms with Crippen molar-refractivity contribution in [1.82, 2.24) is 0 Å². The summed E-state index contributed by atoms with van der Waals surface area (Å²) in [5.41, 5.74) is 2.91. The van der Waals surface area contributed by atoms with E-state index < -0.39 is 17.6 Å². The molecule has 2 aromatic carbocycles. The van der Waals surface area contributed by atoms with Crippen molar-refractivity contribution in [1.29, 1.82) is 0 Å². The number of hydrogen-bond donors (Lipinski definition) is 0. The van der Waals surface area contributed by atoms with E-state index in [1.807, 2.05) is 32.0 Å². The molecular formula is C18H12ClF2NO2. The highest BCUT2D eigenvalue weighted by atomic mass is 35.5. The smallest absolute Gasteiger partial charge is 0.363 e. The Morgan fingerprint density at radius 3 is 2.58 bits per heavy atom. The van der Waals surface area contributed by atoms with Crippen LogP contribution in [0.3, 0.4) is 0 Å². The maximum atomic E-state index is 13.4. The lowest BCUT2D eigenvalue weighted by Gasteiger charge is -2.03. The molecule has 1 aliphatic heterocycles. The molecule has 1 aliphatic rings. The normalized spacial score (nSPS) is 15.6. The number of rotatable bonds is 2. The van der Waals surface area contributed by atoms with Gasteiger partial charge in [0.1, 0.15) is 0 Å². The molecule has 6 heteroatoms. The third kappa shape index (κ3) is 3.08. The van der Waals surface area contributed by atoms with Gasteiger partial charge in [0.05, 0.1) is 10.6 Å². The van der Waals surface area contributed by atoms with Crippen LogP contribution in [0.15, 0.2) is 41.0 Å². The van der Waals surface area contributed by atoms with E-state index in [0.717, 1.165) is 28.8 Å². The first-order valence-corrected chi connectivity index (χ1v) is 7.47. The molecule has 0 atom stereocenters. The fourth-order valence-electron chi connectivity index (χ4n) is 2.27. The largest absolute Gasteiger partial charge is 0.402 e. The number of esters is 1. The number of carbonyl (C=O) groups is 1. The number of halogens is 3. The van der Waals surface area contributed by atoms with Crippen molar-refractivity contribution in [3.8, 4) is 0 Å². The Morgan fingerprint density at radius 1 is 1.12 bits per heavy atom. The molecule has 0 aliphatic carbocycles. The first-order chi connectivity index (χ1) is 11.3. The Balaban J connectivity index is 2.04. The molecule has 0 fully saturated rings. The van der Waals surface area contributed by atoms with E-state index in [1.54, 1.807) is 6.08 Å². The number of aryl methyl sites for hydroxylation is 2. The molecule has 0 spiro atoms. The van der Waals surface area contributed by atoms with Crippen LogP contribution in [-0.2, 0) is 9.53 Å². The average Bonchev–Trinajstić information content (AvgIpc) is 2.87. The van der Waals surface area contributed by atoms with E-state index in [9.17, 15) is 13.6 Å². The topological polar surface area (TPSA) is 38.7 Å². The molecule has 0 unspecified atom stereocenters. The zero-order chi connectivity index (χ0) is 17.4. The summed E-state index contributed by atoms with van der Waals surface area (Å²) in [6.07, 6.45) is 1.59. The summed E-state index contributed by atoms with van der Waals surface area (Å²) < 4.78 is 31.6. The van der Waals surface area contributed by atoms with Gasteiger partial charge in [0.15, 0.2) is 17.3 Å². The predicted octanol–water partition coefficient (Wildman–Crippen LogP) is 4.58. The Morgan fingerprint density at radius 2 is 1.83 bits per heavy atom. The molecule has 2 aromatic rings. The second-order valence-electron chi connectivity index (χ2n) is 5.44. The standard InChI is InChI=1S/C18H12ClF2NO2/c1-9-3-4-10(2)11(5-9)6-16-18(23)24-17(22-16)12-7-14(20)15(21)8-13(12)19/h3-8H,1-2H3/b16-6-. The van der Waals surface area contributed by atoms with Crippen LogP contribution < -0.4 is 0 Å². The summed E-state index contributed by atoms with van der Waals surface area (Å²) in [5, 5.41) is -0.0894. The summed E-state index contributed by atoms with van der Waals surface area (Å²) in [6.45, 7) is 3.84. The molecule has 0 saturated heterocycles. The van der Waals surface area contributed by atoms with Gasteiger partial charge in [0.25, 0.3) is 0 Å². The van der Waals surface area contributed by atoms with Crippen molar-refractivity contribution in [2.45, 2.75) is 13.8 Å². The molecule has 122 valence electrons. The molecule has 1 heterocycles. The van der Waals surface area contributed by atoms with Crippen LogP contribution in [0.2, 0.25) is 5.02 Å². The Labute approximate surface area is 142 Å². The summed E-state index contributed by atoms with van der Waals surface area (Å²) in [5.74, 6) is -3.01. The van der Waals surface area contributed by atoms with Crippen molar-refractivity contribution in [2.24, 2.45) is 4.99 Å². The number of ether oxygens (including phenoxy) is 1. The minimum absolute atomic E-state index is 0.0216. The number of benzene rings is 2. The van der Waals surface area contributed by atoms with Gasteiger partial charge in [-0.05, 0) is 43.2 Å². The maximum absolute atomic E-state index is 13.4. The zero-order valence-corrected chi connectivity index (χ0v) is 13.6. The molecule has 3 nitrogen and oxygen atoms in total. The summed E-state index contributed by atoms with van der Waals surface area (Å²) in [7, 11) is 0. The van der Waals surface area contributed by atoms with Crippen LogP contribution in [-0.4, -0.2) is 11.9 Å². The lowest BCUT2D eigenvalue weighted by Crippen LogP contribution is -2.07. The number of nitrogens with zero attached hydrogens (tertiary/aromatic N) is 1. The van der Waals surface area contributed by atoms with E-state index >= 15 is 0 Å². The van der Waals surface area contributed by atoms with Crippen molar-refractivity contribution in [3.63, 3.8) is 0 Å². The summed E-state index contributed by atoms with van der Waals surface area (Å²) >= 11 is 5.88. The zero-order valence-electron chi connectivity index (χ0n) is 12.9. The van der Waals surface area contributed by atoms with Gasteiger partial charge in [0.2, 0.25) is 5.90 Å². The average molecular weight is 348 g/mol. The first-order valence-electron chi connectivity index (χ1n) is 7.10. The van der Waals surface area contributed by atoms with Gasteiger partial charge in [-0.2, -0.15) is 0 Å². The van der Waals surface area contributed by atoms with Crippen LogP contribution in [0.1, 0.15) is 22.3 Å². The van der Waals surface area contributed by atoms with Crippen molar-refractivity contribution >= 4 is 29.5 Å². The highest BCUT2D eigenvalue weighted by Gasteiger charge is 2.26. The van der Waals surface area contributed by atoms with Gasteiger partial charge in [-0.1, -0.05) is 35.4 Å². The molecular weight excluding hydrogens is 336 g/mol. The maximum Gasteiger partial charge on any atom is 0.363 e. The quantitative estimate of drug-likeness (QED) is 0.453. The van der Waals surface area contributed by atoms with Crippen LogP contribution >= 0.6 is 11.6 Å². The summed E-state index contributed by atoms with van der Waals surface area (Å²) in [4.78, 5) is 16.1. The van der Waals surface area contributed by atoms with Gasteiger partial charge < -0.3 is 4.74 Å². The monoisotopic (exact) mass is 347 g/mol. The first kappa shape index (κ1) is 16.3. The van der Waals surface area contributed by atoms with Crippen LogP contribution in [0.4, 0.5) is 8.78 Å². The SMILES string of the molecule is Cc1ccc(C)c(/C=C2\N=C(c3cc(F)c(F)cc3Cl)OC2=O)c1. The fourth-order valence-corrected chi connectivity index (χ4v) is 2.50. The molecule has 0 amide bonds. The Kier molecular flexibility index (Phi) is 4.20. The Hall–Kier alpha value is -2.53. The van der Waals surface area contributed by atoms with E-state index in [1.165, 1.54) is 0 Å². The van der Waals surface area contributed by atoms with Crippen molar-refractivity contribution in [3.05, 3.63) is 74.9 Å². The van der Waals surface area contributed by atoms with Gasteiger partial charge in [-0.25, -0.2) is 18.6 Å². The highest BCUT2D eigenvalue weighted by molar-refractivity contribution is 6.34. The lowest BCUT2D eigenvalue weighted by atomic mass is 10.0. The molecule has 0 saturated carbocycles. The second-order valence-corrected chi connectivity index (χ2v) is 5.85. The van der Waals surface area contributed by atoms with Crippen LogP contribution in [0.5, 0.6) is 0 Å². The third-order valence-electron chi connectivity index (χ3n) is 3.59. The minimum atomic E-state index is -1.10. The third-order valence-corrected chi connectivity index (χ3v) is 3.90. The van der Waals surface area contributed by atoms with E-state index in [0.29, 0.717) is 0 Å². The van der Waals surface area contributed by atoms with Gasteiger partial charge in [0, 0.05) is 0 Å². The lowest BCUT2D eigenvalue weighted by molar-refractivity contribution is -0.129. The second kappa shape index (κ2) is 6.17. The number of cyclic esters (lactones) is 1. The molecule has 0 N–H and O–H groups in total. The number of carbonyl (C=O) groups excluding carboxylic acids is 1. The number of hydrogen-bond acceptors (Lipinski definition) is 3. The number of aliphatic imine (C=N–C) groups is 1. The van der Waals surface area contributed by atoms with Crippen molar-refractivity contribution < 1.29 is 18.3 Å².